The zero-order chi connectivity index (χ0) is 29.4. The fourth-order valence-corrected chi connectivity index (χ4v) is 7.20. The van der Waals surface area contributed by atoms with E-state index in [1.807, 2.05) is 19.9 Å². The third kappa shape index (κ3) is 7.31. The van der Waals surface area contributed by atoms with E-state index in [2.05, 4.69) is 48.2 Å². The van der Waals surface area contributed by atoms with Crippen LogP contribution >= 0.6 is 24.0 Å². The molecule has 0 saturated carbocycles. The summed E-state index contributed by atoms with van der Waals surface area (Å²) in [6.07, 6.45) is 11.3. The average molecular weight is 591 g/mol. The largest absolute Gasteiger partial charge is 0.357 e. The summed E-state index contributed by atoms with van der Waals surface area (Å²) in [5, 5.41) is 9.95. The zero-order valence-corrected chi connectivity index (χ0v) is 26.3. The fourth-order valence-electron chi connectivity index (χ4n) is 5.91. The third-order valence-electron chi connectivity index (χ3n) is 8.21. The number of pyridine rings is 1. The Hall–Kier alpha value is -2.89. The summed E-state index contributed by atoms with van der Waals surface area (Å²) in [6.45, 7) is 8.87. The van der Waals surface area contributed by atoms with Gasteiger partial charge in [0.15, 0.2) is 0 Å². The second-order valence-electron chi connectivity index (χ2n) is 11.2. The van der Waals surface area contributed by atoms with E-state index >= 15 is 0 Å². The van der Waals surface area contributed by atoms with Crippen LogP contribution in [0, 0.1) is 24.2 Å². The molecule has 8 heteroatoms. The first kappa shape index (κ1) is 31.1. The van der Waals surface area contributed by atoms with E-state index in [4.69, 9.17) is 12.2 Å². The van der Waals surface area contributed by atoms with Gasteiger partial charge in [-0.1, -0.05) is 93.8 Å². The van der Waals surface area contributed by atoms with Crippen LogP contribution in [0.3, 0.4) is 0 Å². The van der Waals surface area contributed by atoms with E-state index in [-0.39, 0.29) is 17.0 Å². The maximum Gasteiger partial charge on any atom is 0.270 e. The first-order chi connectivity index (χ1) is 19.9. The van der Waals surface area contributed by atoms with E-state index in [9.17, 15) is 14.9 Å². The Balaban J connectivity index is 1.64. The number of benzene rings is 1. The number of unbranched alkanes of at least 4 members (excludes halogenated alkanes) is 4. The minimum atomic E-state index is -0.245. The van der Waals surface area contributed by atoms with Crippen LogP contribution in [0.1, 0.15) is 87.5 Å². The fraction of sp³-hybridized carbons (Fsp3) is 0.515. The van der Waals surface area contributed by atoms with Crippen molar-refractivity contribution < 1.29 is 4.79 Å². The van der Waals surface area contributed by atoms with Crippen LogP contribution in [0.25, 0.3) is 6.08 Å². The molecule has 4 rings (SSSR count). The van der Waals surface area contributed by atoms with Gasteiger partial charge in [-0.25, -0.2) is 0 Å². The molecule has 2 aliphatic rings. The van der Waals surface area contributed by atoms with Crippen molar-refractivity contribution in [2.45, 2.75) is 85.1 Å². The van der Waals surface area contributed by atoms with Crippen molar-refractivity contribution in [1.82, 2.24) is 9.47 Å². The molecule has 2 aliphatic heterocycles. The number of rotatable bonds is 12. The highest BCUT2D eigenvalue weighted by Gasteiger charge is 2.33. The van der Waals surface area contributed by atoms with Crippen molar-refractivity contribution in [3.63, 3.8) is 0 Å². The summed E-state index contributed by atoms with van der Waals surface area (Å²) in [5.41, 5.74) is 2.69. The molecule has 1 aromatic heterocycles. The van der Waals surface area contributed by atoms with Crippen LogP contribution in [0.2, 0.25) is 0 Å². The first-order valence-corrected chi connectivity index (χ1v) is 16.3. The molecule has 1 amide bonds. The molecule has 0 N–H and O–H groups in total. The van der Waals surface area contributed by atoms with Crippen LogP contribution in [0.4, 0.5) is 5.82 Å². The van der Waals surface area contributed by atoms with E-state index < -0.39 is 0 Å². The quantitative estimate of drug-likeness (QED) is 0.150. The van der Waals surface area contributed by atoms with Crippen molar-refractivity contribution >= 4 is 46.1 Å². The molecule has 41 heavy (non-hydrogen) atoms. The molecule has 0 unspecified atom stereocenters. The summed E-state index contributed by atoms with van der Waals surface area (Å²) >= 11 is 6.94. The number of piperidine rings is 1. The van der Waals surface area contributed by atoms with Gasteiger partial charge in [-0.2, -0.15) is 5.26 Å². The lowest BCUT2D eigenvalue weighted by Crippen LogP contribution is -2.40. The molecule has 218 valence electrons. The maximum absolute atomic E-state index is 13.5. The van der Waals surface area contributed by atoms with Crippen molar-refractivity contribution in [1.29, 1.82) is 5.26 Å². The highest BCUT2D eigenvalue weighted by Crippen LogP contribution is 2.37. The molecular formula is C33H42N4O2S2. The number of anilines is 1. The first-order valence-electron chi connectivity index (χ1n) is 15.1. The standard InChI is InChI=1S/C33H42N4O2S2/c1-4-6-7-8-12-18-37-32(39)29(41-33(37)40)22-27-24(3)28(23-34)31(38)36(17-5-2)30(27)35-19-15-26(16-20-35)21-25-13-10-9-11-14-25/h9-11,13-14,22,26H,4-8,12,15-21H2,1-3H3/b29-22-. The van der Waals surface area contributed by atoms with Gasteiger partial charge >= 0.3 is 0 Å². The lowest BCUT2D eigenvalue weighted by atomic mass is 9.90. The molecule has 2 fully saturated rings. The SMILES string of the molecule is CCCCCCCN1C(=O)/C(=C/c2c(C)c(C#N)c(=O)n(CCC)c2N2CCC(Cc3ccccc3)CC2)SC1=S. The molecule has 0 aliphatic carbocycles. The second-order valence-corrected chi connectivity index (χ2v) is 12.8. The topological polar surface area (TPSA) is 69.3 Å². The Morgan fingerprint density at radius 2 is 1.73 bits per heavy atom. The predicted octanol–water partition coefficient (Wildman–Crippen LogP) is 7.07. The number of aromatic nitrogens is 1. The van der Waals surface area contributed by atoms with E-state index in [0.717, 1.165) is 63.0 Å². The number of thioether (sulfide) groups is 1. The van der Waals surface area contributed by atoms with Gasteiger partial charge in [-0.05, 0) is 62.1 Å². The predicted molar refractivity (Wildman–Crippen MR) is 174 cm³/mol. The number of amides is 1. The highest BCUT2D eigenvalue weighted by molar-refractivity contribution is 8.26. The van der Waals surface area contributed by atoms with Crippen molar-refractivity contribution in [3.05, 3.63) is 67.8 Å². The Kier molecular flexibility index (Phi) is 11.2. The smallest absolute Gasteiger partial charge is 0.270 e. The third-order valence-corrected chi connectivity index (χ3v) is 9.59. The molecular weight excluding hydrogens is 549 g/mol. The Morgan fingerprint density at radius 3 is 2.39 bits per heavy atom. The number of thiocarbonyl (C=S) groups is 1. The van der Waals surface area contributed by atoms with Crippen molar-refractivity contribution in [3.8, 4) is 6.07 Å². The zero-order valence-electron chi connectivity index (χ0n) is 24.7. The highest BCUT2D eigenvalue weighted by atomic mass is 32.2. The van der Waals surface area contributed by atoms with Crippen molar-refractivity contribution in [2.75, 3.05) is 24.5 Å². The molecule has 0 radical (unpaired) electrons. The van der Waals surface area contributed by atoms with Gasteiger partial charge in [-0.3, -0.25) is 19.1 Å². The van der Waals surface area contributed by atoms with Crippen LogP contribution in [0.15, 0.2) is 40.0 Å². The number of carbonyl (C=O) groups is 1. The summed E-state index contributed by atoms with van der Waals surface area (Å²) < 4.78 is 2.35. The number of nitriles is 1. The minimum absolute atomic E-state index is 0.0749. The molecule has 3 heterocycles. The van der Waals surface area contributed by atoms with Gasteiger partial charge in [0.25, 0.3) is 11.5 Å². The molecule has 0 atom stereocenters. The average Bonchev–Trinajstić information content (AvgIpc) is 3.24. The minimum Gasteiger partial charge on any atom is -0.357 e. The van der Waals surface area contributed by atoms with Gasteiger partial charge in [0.05, 0.1) is 4.91 Å². The van der Waals surface area contributed by atoms with Gasteiger partial charge in [0, 0.05) is 31.7 Å². The monoisotopic (exact) mass is 590 g/mol. The van der Waals surface area contributed by atoms with Crippen LogP contribution < -0.4 is 10.5 Å². The molecule has 0 spiro atoms. The van der Waals surface area contributed by atoms with E-state index in [1.165, 1.54) is 36.6 Å². The normalized spacial score (nSPS) is 17.1. The lowest BCUT2D eigenvalue weighted by Gasteiger charge is -2.36. The van der Waals surface area contributed by atoms with Gasteiger partial charge in [0.1, 0.15) is 21.8 Å². The summed E-state index contributed by atoms with van der Waals surface area (Å²) in [5.74, 6) is 1.34. The van der Waals surface area contributed by atoms with Gasteiger partial charge < -0.3 is 4.90 Å². The van der Waals surface area contributed by atoms with Gasteiger partial charge in [-0.15, -0.1) is 0 Å². The molecule has 6 nitrogen and oxygen atoms in total. The van der Waals surface area contributed by atoms with Crippen molar-refractivity contribution in [2.24, 2.45) is 5.92 Å². The Morgan fingerprint density at radius 1 is 1.02 bits per heavy atom. The number of nitrogens with zero attached hydrogens (tertiary/aromatic N) is 4. The van der Waals surface area contributed by atoms with Crippen LogP contribution in [-0.4, -0.2) is 39.3 Å². The summed E-state index contributed by atoms with van der Waals surface area (Å²) in [6, 6.07) is 12.8. The van der Waals surface area contributed by atoms with E-state index in [1.54, 1.807) is 9.47 Å². The van der Waals surface area contributed by atoms with Gasteiger partial charge in [0.2, 0.25) is 0 Å². The molecule has 2 saturated heterocycles. The summed E-state index contributed by atoms with van der Waals surface area (Å²) in [4.78, 5) is 31.6. The number of carbonyl (C=O) groups excluding carboxylic acids is 1. The number of hydrogen-bond acceptors (Lipinski definition) is 6. The maximum atomic E-state index is 13.5. The molecule has 0 bridgehead atoms. The number of hydrogen-bond donors (Lipinski definition) is 0. The Bertz CT molecular complexity index is 1370. The van der Waals surface area contributed by atoms with Crippen LogP contribution in [-0.2, 0) is 17.8 Å². The lowest BCUT2D eigenvalue weighted by molar-refractivity contribution is -0.122. The van der Waals surface area contributed by atoms with E-state index in [0.29, 0.717) is 33.8 Å². The molecule has 2 aromatic rings. The second kappa shape index (κ2) is 14.8. The molecule has 1 aromatic carbocycles. The summed E-state index contributed by atoms with van der Waals surface area (Å²) in [7, 11) is 0. The van der Waals surface area contributed by atoms with Crippen LogP contribution in [0.5, 0.6) is 0 Å². The Labute approximate surface area is 254 Å².